The van der Waals surface area contributed by atoms with Gasteiger partial charge >= 0.3 is 0 Å². The van der Waals surface area contributed by atoms with Crippen molar-refractivity contribution in [3.63, 3.8) is 0 Å². The molecule has 0 radical (unpaired) electrons. The van der Waals surface area contributed by atoms with Crippen LogP contribution in [-0.4, -0.2) is 42.0 Å². The number of benzene rings is 2. The number of nitrogens with two attached hydrogens (primary N) is 1. The molecule has 2 aromatic carbocycles. The van der Waals surface area contributed by atoms with Gasteiger partial charge in [-0.1, -0.05) is 30.3 Å². The standard InChI is InChI=1S/C22H27N5O2/c23-21(28)19-20(26-27-18(15-12-24-13-15)10-11-25-22(19)27)14-6-8-17(9-7-14)29-16-4-2-1-3-5-16/h1-9,15,18,20-21,24-26,28H,10-13,23H2. The summed E-state index contributed by atoms with van der Waals surface area (Å²) in [6, 6.07) is 17.9. The lowest BCUT2D eigenvalue weighted by Crippen LogP contribution is -2.60. The van der Waals surface area contributed by atoms with Gasteiger partial charge in [0.15, 0.2) is 0 Å². The Labute approximate surface area is 170 Å². The Morgan fingerprint density at radius 3 is 2.41 bits per heavy atom. The molecule has 29 heavy (non-hydrogen) atoms. The Bertz CT molecular complexity index is 880. The normalized spacial score (nSPS) is 25.2. The third-order valence-corrected chi connectivity index (χ3v) is 6.03. The summed E-state index contributed by atoms with van der Waals surface area (Å²) in [7, 11) is 0. The van der Waals surface area contributed by atoms with Gasteiger partial charge in [-0.25, -0.2) is 5.43 Å². The van der Waals surface area contributed by atoms with Crippen molar-refractivity contribution in [3.8, 4) is 11.5 Å². The van der Waals surface area contributed by atoms with Gasteiger partial charge in [0.2, 0.25) is 0 Å². The number of nitrogens with zero attached hydrogens (tertiary/aromatic N) is 1. The van der Waals surface area contributed by atoms with Crippen molar-refractivity contribution in [3.05, 3.63) is 71.6 Å². The summed E-state index contributed by atoms with van der Waals surface area (Å²) in [6.07, 6.45) is 0.0337. The number of ether oxygens (including phenoxy) is 1. The third kappa shape index (κ3) is 3.47. The van der Waals surface area contributed by atoms with E-state index in [9.17, 15) is 5.11 Å². The van der Waals surface area contributed by atoms with E-state index in [1.807, 2.05) is 54.6 Å². The third-order valence-electron chi connectivity index (χ3n) is 6.03. The quantitative estimate of drug-likeness (QED) is 0.490. The Morgan fingerprint density at radius 2 is 1.76 bits per heavy atom. The predicted molar refractivity (Wildman–Crippen MR) is 111 cm³/mol. The van der Waals surface area contributed by atoms with E-state index < -0.39 is 6.23 Å². The van der Waals surface area contributed by atoms with Gasteiger partial charge in [-0.15, -0.1) is 0 Å². The lowest BCUT2D eigenvalue weighted by molar-refractivity contribution is 0.0697. The van der Waals surface area contributed by atoms with Crippen LogP contribution in [-0.2, 0) is 0 Å². The number of hydrogen-bond donors (Lipinski definition) is 5. The first-order valence-electron chi connectivity index (χ1n) is 10.2. The predicted octanol–water partition coefficient (Wildman–Crippen LogP) is 1.41. The number of aliphatic hydroxyl groups is 1. The average Bonchev–Trinajstić information content (AvgIpc) is 3.09. The highest BCUT2D eigenvalue weighted by molar-refractivity contribution is 5.40. The van der Waals surface area contributed by atoms with Gasteiger partial charge in [0.05, 0.1) is 12.1 Å². The van der Waals surface area contributed by atoms with Gasteiger partial charge in [0, 0.05) is 31.1 Å². The van der Waals surface area contributed by atoms with Gasteiger partial charge in [-0.2, -0.15) is 0 Å². The fourth-order valence-corrected chi connectivity index (χ4v) is 4.41. The van der Waals surface area contributed by atoms with Crippen molar-refractivity contribution in [2.45, 2.75) is 24.7 Å². The molecule has 3 atom stereocenters. The number of aliphatic hydroxyl groups excluding tert-OH is 1. The van der Waals surface area contributed by atoms with E-state index >= 15 is 0 Å². The molecular formula is C22H27N5O2. The molecule has 0 amide bonds. The topological polar surface area (TPSA) is 94.8 Å². The van der Waals surface area contributed by atoms with Crippen molar-refractivity contribution in [2.24, 2.45) is 11.7 Å². The molecule has 5 rings (SSSR count). The summed E-state index contributed by atoms with van der Waals surface area (Å²) in [6.45, 7) is 2.96. The Kier molecular flexibility index (Phi) is 4.89. The number of rotatable bonds is 5. The molecule has 3 aliphatic rings. The highest BCUT2D eigenvalue weighted by Gasteiger charge is 2.43. The Balaban J connectivity index is 1.39. The maximum absolute atomic E-state index is 10.3. The molecule has 0 bridgehead atoms. The highest BCUT2D eigenvalue weighted by atomic mass is 16.5. The maximum atomic E-state index is 10.3. The molecule has 2 saturated heterocycles. The largest absolute Gasteiger partial charge is 0.457 e. The molecule has 3 aliphatic heterocycles. The minimum absolute atomic E-state index is 0.170. The van der Waals surface area contributed by atoms with Crippen molar-refractivity contribution in [1.82, 2.24) is 21.1 Å². The van der Waals surface area contributed by atoms with Crippen molar-refractivity contribution >= 4 is 0 Å². The minimum Gasteiger partial charge on any atom is -0.457 e. The molecule has 0 aromatic heterocycles. The van der Waals surface area contributed by atoms with Crippen LogP contribution < -0.4 is 26.5 Å². The highest BCUT2D eigenvalue weighted by Crippen LogP contribution is 2.38. The van der Waals surface area contributed by atoms with Gasteiger partial charge in [0.25, 0.3) is 0 Å². The van der Waals surface area contributed by atoms with Crippen LogP contribution >= 0.6 is 0 Å². The molecule has 7 heteroatoms. The number of hydrazine groups is 1. The molecule has 0 spiro atoms. The van der Waals surface area contributed by atoms with Crippen molar-refractivity contribution in [1.29, 1.82) is 0 Å². The second-order valence-electron chi connectivity index (χ2n) is 7.87. The molecule has 3 heterocycles. The van der Waals surface area contributed by atoms with Gasteiger partial charge in [0.1, 0.15) is 23.5 Å². The second kappa shape index (κ2) is 7.68. The average molecular weight is 393 g/mol. The van der Waals surface area contributed by atoms with Crippen LogP contribution in [0.5, 0.6) is 11.5 Å². The van der Waals surface area contributed by atoms with Crippen LogP contribution in [0, 0.1) is 5.92 Å². The summed E-state index contributed by atoms with van der Waals surface area (Å²) in [5.74, 6) is 3.11. The van der Waals surface area contributed by atoms with E-state index in [0.717, 1.165) is 54.5 Å². The molecule has 6 N–H and O–H groups in total. The number of para-hydroxylation sites is 1. The lowest BCUT2D eigenvalue weighted by Gasteiger charge is -2.44. The van der Waals surface area contributed by atoms with Crippen LogP contribution in [0.3, 0.4) is 0 Å². The summed E-state index contributed by atoms with van der Waals surface area (Å²) in [4.78, 5) is 0. The summed E-state index contributed by atoms with van der Waals surface area (Å²) < 4.78 is 5.90. The Morgan fingerprint density at radius 1 is 1.03 bits per heavy atom. The second-order valence-corrected chi connectivity index (χ2v) is 7.87. The zero-order valence-electron chi connectivity index (χ0n) is 16.2. The van der Waals surface area contributed by atoms with Crippen LogP contribution in [0.1, 0.15) is 18.0 Å². The molecule has 0 saturated carbocycles. The lowest BCUT2D eigenvalue weighted by atomic mass is 9.90. The Hall–Kier alpha value is -2.58. The van der Waals surface area contributed by atoms with E-state index in [1.165, 1.54) is 0 Å². The fourth-order valence-electron chi connectivity index (χ4n) is 4.41. The van der Waals surface area contributed by atoms with Crippen molar-refractivity contribution < 1.29 is 9.84 Å². The smallest absolute Gasteiger partial charge is 0.130 e. The van der Waals surface area contributed by atoms with Crippen molar-refractivity contribution in [2.75, 3.05) is 19.6 Å². The molecule has 2 fully saturated rings. The van der Waals surface area contributed by atoms with E-state index in [4.69, 9.17) is 10.5 Å². The number of fused-ring (bicyclic) bond motifs is 1. The van der Waals surface area contributed by atoms with Crippen LogP contribution in [0.4, 0.5) is 0 Å². The monoisotopic (exact) mass is 393 g/mol. The van der Waals surface area contributed by atoms with Crippen LogP contribution in [0.25, 0.3) is 0 Å². The first-order chi connectivity index (χ1) is 14.2. The first kappa shape index (κ1) is 18.4. The molecule has 152 valence electrons. The van der Waals surface area contributed by atoms with E-state index in [1.54, 1.807) is 0 Å². The molecule has 7 nitrogen and oxygen atoms in total. The SMILES string of the molecule is NC(O)C1=C2NCCC(C3CNC3)N2NC1c1ccc(Oc2ccccc2)cc1. The number of hydrogen-bond acceptors (Lipinski definition) is 7. The molecular weight excluding hydrogens is 366 g/mol. The zero-order valence-corrected chi connectivity index (χ0v) is 16.2. The summed E-state index contributed by atoms with van der Waals surface area (Å²) >= 11 is 0. The van der Waals surface area contributed by atoms with Crippen LogP contribution in [0.15, 0.2) is 66.0 Å². The molecule has 0 aliphatic carbocycles. The number of nitrogens with one attached hydrogen (secondary N) is 3. The van der Waals surface area contributed by atoms with E-state index in [0.29, 0.717) is 12.0 Å². The van der Waals surface area contributed by atoms with Gasteiger partial charge in [-0.3, -0.25) is 5.01 Å². The molecule has 3 unspecified atom stereocenters. The van der Waals surface area contributed by atoms with Crippen LogP contribution in [0.2, 0.25) is 0 Å². The zero-order chi connectivity index (χ0) is 19.8. The molecule has 2 aromatic rings. The summed E-state index contributed by atoms with van der Waals surface area (Å²) in [5.41, 5.74) is 11.4. The fraction of sp³-hybridized carbons (Fsp3) is 0.364. The van der Waals surface area contributed by atoms with Gasteiger partial charge < -0.3 is 26.2 Å². The first-order valence-corrected chi connectivity index (χ1v) is 10.2. The maximum Gasteiger partial charge on any atom is 0.130 e. The van der Waals surface area contributed by atoms with E-state index in [2.05, 4.69) is 21.1 Å². The van der Waals surface area contributed by atoms with Gasteiger partial charge in [-0.05, 0) is 36.2 Å². The minimum atomic E-state index is -1.03. The summed E-state index contributed by atoms with van der Waals surface area (Å²) in [5, 5.41) is 19.3. The van der Waals surface area contributed by atoms with E-state index in [-0.39, 0.29) is 6.04 Å².